The third kappa shape index (κ3) is 3.29. The van der Waals surface area contributed by atoms with Crippen molar-refractivity contribution in [1.29, 1.82) is 0 Å². The fourth-order valence-electron chi connectivity index (χ4n) is 2.60. The van der Waals surface area contributed by atoms with Crippen LogP contribution in [0.2, 0.25) is 0 Å². The number of aromatic nitrogens is 3. The molecule has 0 unspecified atom stereocenters. The number of nitrogens with one attached hydrogen (secondary N) is 1. The summed E-state index contributed by atoms with van der Waals surface area (Å²) >= 11 is 1.32. The van der Waals surface area contributed by atoms with Crippen LogP contribution in [-0.4, -0.2) is 20.7 Å². The number of hydrogen-bond donors (Lipinski definition) is 1. The minimum atomic E-state index is -0.164. The largest absolute Gasteiger partial charge is 0.462 e. The van der Waals surface area contributed by atoms with Crippen LogP contribution in [0.5, 0.6) is 0 Å². The highest BCUT2D eigenvalue weighted by Crippen LogP contribution is 2.34. The number of hydrogen-bond acceptors (Lipinski definition) is 5. The number of carbonyl (C=O) groups excluding carboxylic acids is 1. The number of amides is 1. The lowest BCUT2D eigenvalue weighted by molar-refractivity contribution is 0.0955. The fourth-order valence-corrected chi connectivity index (χ4v) is 3.57. The van der Waals surface area contributed by atoms with Gasteiger partial charge in [0.25, 0.3) is 5.91 Å². The van der Waals surface area contributed by atoms with E-state index in [-0.39, 0.29) is 5.91 Å². The van der Waals surface area contributed by atoms with Gasteiger partial charge in [-0.05, 0) is 12.1 Å². The first-order chi connectivity index (χ1) is 12.7. The summed E-state index contributed by atoms with van der Waals surface area (Å²) in [5.41, 5.74) is 2.50. The second-order valence-corrected chi connectivity index (χ2v) is 6.74. The Morgan fingerprint density at radius 1 is 1.23 bits per heavy atom. The maximum Gasteiger partial charge on any atom is 0.263 e. The van der Waals surface area contributed by atoms with Gasteiger partial charge in [-0.2, -0.15) is 5.10 Å². The van der Waals surface area contributed by atoms with Crippen molar-refractivity contribution in [3.05, 3.63) is 71.6 Å². The molecule has 0 aliphatic rings. The molecule has 7 heteroatoms. The second kappa shape index (κ2) is 6.97. The number of nitrogens with zero attached hydrogens (tertiary/aromatic N) is 3. The topological polar surface area (TPSA) is 73.0 Å². The van der Waals surface area contributed by atoms with Crippen LogP contribution in [0.15, 0.2) is 65.5 Å². The van der Waals surface area contributed by atoms with Crippen LogP contribution < -0.4 is 5.32 Å². The van der Waals surface area contributed by atoms with Crippen LogP contribution in [0.4, 0.5) is 0 Å². The summed E-state index contributed by atoms with van der Waals surface area (Å²) in [6.07, 6.45) is 5.21. The van der Waals surface area contributed by atoms with Gasteiger partial charge in [-0.1, -0.05) is 30.3 Å². The smallest absolute Gasteiger partial charge is 0.263 e. The van der Waals surface area contributed by atoms with Crippen molar-refractivity contribution < 1.29 is 9.21 Å². The van der Waals surface area contributed by atoms with E-state index in [0.717, 1.165) is 11.1 Å². The zero-order chi connectivity index (χ0) is 17.9. The molecule has 0 aliphatic carbocycles. The van der Waals surface area contributed by atoms with Crippen LogP contribution in [0.1, 0.15) is 15.2 Å². The van der Waals surface area contributed by atoms with Crippen molar-refractivity contribution in [2.24, 2.45) is 7.05 Å². The molecule has 0 aliphatic heterocycles. The summed E-state index contributed by atoms with van der Waals surface area (Å²) in [6.45, 7) is 0.412. The first-order valence-corrected chi connectivity index (χ1v) is 8.88. The molecule has 4 aromatic rings. The summed E-state index contributed by atoms with van der Waals surface area (Å²) in [6, 6.07) is 13.3. The highest BCUT2D eigenvalue weighted by Gasteiger charge is 2.21. The zero-order valence-corrected chi connectivity index (χ0v) is 14.9. The van der Waals surface area contributed by atoms with Crippen molar-refractivity contribution in [2.75, 3.05) is 0 Å². The third-order valence-corrected chi connectivity index (χ3v) is 4.89. The molecule has 1 N–H and O–H groups in total. The first-order valence-electron chi connectivity index (χ1n) is 8.06. The lowest BCUT2D eigenvalue weighted by Crippen LogP contribution is -2.22. The van der Waals surface area contributed by atoms with E-state index in [0.29, 0.717) is 27.9 Å². The van der Waals surface area contributed by atoms with Crippen molar-refractivity contribution >= 4 is 17.2 Å². The van der Waals surface area contributed by atoms with E-state index in [9.17, 15) is 4.79 Å². The van der Waals surface area contributed by atoms with E-state index in [2.05, 4.69) is 15.4 Å². The molecule has 0 bridgehead atoms. The molecular weight excluding hydrogens is 348 g/mol. The molecule has 1 aromatic carbocycles. The van der Waals surface area contributed by atoms with Crippen LogP contribution in [0.3, 0.4) is 0 Å². The monoisotopic (exact) mass is 364 g/mol. The minimum absolute atomic E-state index is 0.164. The maximum atomic E-state index is 12.8. The summed E-state index contributed by atoms with van der Waals surface area (Å²) < 4.78 is 7.15. The van der Waals surface area contributed by atoms with Gasteiger partial charge in [0.05, 0.1) is 18.2 Å². The predicted molar refractivity (Wildman–Crippen MR) is 99.6 cm³/mol. The molecule has 3 aromatic heterocycles. The Labute approximate surface area is 154 Å². The molecule has 3 heterocycles. The molecule has 0 radical (unpaired) electrons. The minimum Gasteiger partial charge on any atom is -0.462 e. The lowest BCUT2D eigenvalue weighted by atomic mass is 10.1. The summed E-state index contributed by atoms with van der Waals surface area (Å²) in [7, 11) is 1.84. The number of benzene rings is 1. The van der Waals surface area contributed by atoms with E-state index in [1.165, 1.54) is 11.3 Å². The first kappa shape index (κ1) is 16.3. The summed E-state index contributed by atoms with van der Waals surface area (Å²) in [5.74, 6) is 0.488. The van der Waals surface area contributed by atoms with Gasteiger partial charge in [-0.25, -0.2) is 4.98 Å². The molecule has 0 spiro atoms. The molecule has 4 rings (SSSR count). The molecule has 1 amide bonds. The Bertz CT molecular complexity index is 1020. The quantitative estimate of drug-likeness (QED) is 0.586. The highest BCUT2D eigenvalue weighted by atomic mass is 32.1. The van der Waals surface area contributed by atoms with Gasteiger partial charge in [0.2, 0.25) is 0 Å². The Morgan fingerprint density at radius 3 is 2.77 bits per heavy atom. The van der Waals surface area contributed by atoms with Crippen LogP contribution >= 0.6 is 11.3 Å². The van der Waals surface area contributed by atoms with Crippen molar-refractivity contribution in [3.63, 3.8) is 0 Å². The Hall–Kier alpha value is -3.19. The van der Waals surface area contributed by atoms with E-state index >= 15 is 0 Å². The van der Waals surface area contributed by atoms with Crippen LogP contribution in [0.25, 0.3) is 22.0 Å². The molecule has 26 heavy (non-hydrogen) atoms. The Balaban J connectivity index is 1.65. The van der Waals surface area contributed by atoms with Crippen molar-refractivity contribution in [1.82, 2.24) is 20.1 Å². The highest BCUT2D eigenvalue weighted by molar-refractivity contribution is 7.17. The molecular formula is C19H16N4O2S. The average Bonchev–Trinajstić information content (AvgIpc) is 3.40. The second-order valence-electron chi connectivity index (χ2n) is 5.75. The van der Waals surface area contributed by atoms with Gasteiger partial charge in [0.1, 0.15) is 4.88 Å². The van der Waals surface area contributed by atoms with E-state index in [1.54, 1.807) is 23.2 Å². The lowest BCUT2D eigenvalue weighted by Gasteiger charge is -2.04. The molecule has 130 valence electrons. The molecule has 6 nitrogen and oxygen atoms in total. The SMILES string of the molecule is Cn1cc(CNC(=O)c2sc(-c3ccco3)nc2-c2ccccc2)cn1. The van der Waals surface area contributed by atoms with Gasteiger partial charge in [-0.3, -0.25) is 9.48 Å². The van der Waals surface area contributed by atoms with E-state index < -0.39 is 0 Å². The predicted octanol–water partition coefficient (Wildman–Crippen LogP) is 3.73. The summed E-state index contributed by atoms with van der Waals surface area (Å²) in [4.78, 5) is 18.0. The van der Waals surface area contributed by atoms with Gasteiger partial charge in [-0.15, -0.1) is 11.3 Å². The van der Waals surface area contributed by atoms with Crippen molar-refractivity contribution in [2.45, 2.75) is 6.54 Å². The molecule has 0 saturated carbocycles. The maximum absolute atomic E-state index is 12.8. The number of carbonyl (C=O) groups is 1. The average molecular weight is 364 g/mol. The number of furan rings is 1. The summed E-state index contributed by atoms with van der Waals surface area (Å²) in [5, 5.41) is 7.74. The Morgan fingerprint density at radius 2 is 2.08 bits per heavy atom. The van der Waals surface area contributed by atoms with Gasteiger partial charge >= 0.3 is 0 Å². The molecule has 0 fully saturated rings. The van der Waals surface area contributed by atoms with Crippen molar-refractivity contribution in [3.8, 4) is 22.0 Å². The number of thiazole rings is 1. The van der Waals surface area contributed by atoms with Crippen LogP contribution in [-0.2, 0) is 13.6 Å². The number of aryl methyl sites for hydroxylation is 1. The Kier molecular flexibility index (Phi) is 4.37. The van der Waals surface area contributed by atoms with E-state index in [1.807, 2.05) is 49.6 Å². The standard InChI is InChI=1S/C19H16N4O2S/c1-23-12-13(11-21-23)10-20-18(24)17-16(14-6-3-2-4-7-14)22-19(26-17)15-8-5-9-25-15/h2-9,11-12H,10H2,1H3,(H,20,24). The molecule has 0 saturated heterocycles. The van der Waals surface area contributed by atoms with Crippen LogP contribution in [0, 0.1) is 0 Å². The third-order valence-electron chi connectivity index (χ3n) is 3.82. The van der Waals surface area contributed by atoms with Gasteiger partial charge in [0, 0.05) is 30.9 Å². The van der Waals surface area contributed by atoms with Gasteiger partial charge < -0.3 is 9.73 Å². The zero-order valence-electron chi connectivity index (χ0n) is 14.0. The normalized spacial score (nSPS) is 10.8. The number of rotatable bonds is 5. The fraction of sp³-hybridized carbons (Fsp3) is 0.105. The molecule has 0 atom stereocenters. The van der Waals surface area contributed by atoms with Gasteiger partial charge in [0.15, 0.2) is 10.8 Å². The van der Waals surface area contributed by atoms with E-state index in [4.69, 9.17) is 4.42 Å².